The van der Waals surface area contributed by atoms with Crippen LogP contribution in [0.15, 0.2) is 72.8 Å². The standard InChI is InChI=1S/C26H26FN3O3/c27-19-9-11-21(12-10-19)33-26(32)29-15-13-28(14-16-29)17-20(31)18-30-24-7-3-1-5-22(24)23-6-2-4-8-25(23)30/h1-12,20,31H,13-18H2. The lowest BCUT2D eigenvalue weighted by Gasteiger charge is -2.35. The van der Waals surface area contributed by atoms with Crippen molar-refractivity contribution in [3.63, 3.8) is 0 Å². The third-order valence-corrected chi connectivity index (χ3v) is 6.19. The van der Waals surface area contributed by atoms with E-state index in [-0.39, 0.29) is 5.82 Å². The van der Waals surface area contributed by atoms with Crippen LogP contribution >= 0.6 is 0 Å². The SMILES string of the molecule is O=C(Oc1ccc(F)cc1)N1CCN(CC(O)Cn2c3ccccc3c3ccccc32)CC1. The molecule has 5 rings (SSSR count). The van der Waals surface area contributed by atoms with Crippen LogP contribution in [0.1, 0.15) is 0 Å². The first-order valence-corrected chi connectivity index (χ1v) is 11.2. The Morgan fingerprint density at radius 2 is 1.42 bits per heavy atom. The summed E-state index contributed by atoms with van der Waals surface area (Å²) in [6, 6.07) is 21.9. The van der Waals surface area contributed by atoms with Crippen molar-refractivity contribution in [3.05, 3.63) is 78.6 Å². The number of benzene rings is 3. The summed E-state index contributed by atoms with van der Waals surface area (Å²) in [5.74, 6) is -0.0479. The molecule has 0 saturated carbocycles. The molecule has 0 aliphatic carbocycles. The monoisotopic (exact) mass is 447 g/mol. The minimum Gasteiger partial charge on any atom is -0.410 e. The van der Waals surface area contributed by atoms with Gasteiger partial charge in [0.15, 0.2) is 0 Å². The van der Waals surface area contributed by atoms with Crippen LogP contribution in [0.4, 0.5) is 9.18 Å². The molecule has 1 fully saturated rings. The summed E-state index contributed by atoms with van der Waals surface area (Å²) in [7, 11) is 0. The number of ether oxygens (including phenoxy) is 1. The Balaban J connectivity index is 1.19. The van der Waals surface area contributed by atoms with E-state index in [4.69, 9.17) is 4.74 Å². The number of carbonyl (C=O) groups excluding carboxylic acids is 1. The number of aliphatic hydroxyl groups excluding tert-OH is 1. The summed E-state index contributed by atoms with van der Waals surface area (Å²) in [4.78, 5) is 16.2. The molecule has 1 saturated heterocycles. The van der Waals surface area contributed by atoms with Gasteiger partial charge in [0.2, 0.25) is 0 Å². The van der Waals surface area contributed by atoms with Crippen LogP contribution in [-0.2, 0) is 6.54 Å². The van der Waals surface area contributed by atoms with E-state index in [0.717, 1.165) is 11.0 Å². The smallest absolute Gasteiger partial charge is 0.410 e. The molecular formula is C26H26FN3O3. The van der Waals surface area contributed by atoms with Crippen molar-refractivity contribution >= 4 is 27.9 Å². The number of β-amino-alcohol motifs (C(OH)–C–C–N with tert-alkyl or cyclic N) is 1. The van der Waals surface area contributed by atoms with E-state index in [9.17, 15) is 14.3 Å². The van der Waals surface area contributed by atoms with Crippen molar-refractivity contribution in [2.75, 3.05) is 32.7 Å². The predicted molar refractivity (Wildman–Crippen MR) is 126 cm³/mol. The highest BCUT2D eigenvalue weighted by molar-refractivity contribution is 6.07. The van der Waals surface area contributed by atoms with Crippen molar-refractivity contribution in [1.82, 2.24) is 14.4 Å². The van der Waals surface area contributed by atoms with Gasteiger partial charge in [-0.2, -0.15) is 0 Å². The average molecular weight is 448 g/mol. The second kappa shape index (κ2) is 9.21. The van der Waals surface area contributed by atoms with Gasteiger partial charge in [-0.25, -0.2) is 9.18 Å². The molecule has 1 aliphatic heterocycles. The lowest BCUT2D eigenvalue weighted by atomic mass is 10.2. The first kappa shape index (κ1) is 21.4. The van der Waals surface area contributed by atoms with Gasteiger partial charge in [-0.3, -0.25) is 4.90 Å². The maximum Gasteiger partial charge on any atom is 0.415 e. The van der Waals surface area contributed by atoms with Gasteiger partial charge in [0, 0.05) is 54.5 Å². The quantitative estimate of drug-likeness (QED) is 0.500. The molecule has 33 heavy (non-hydrogen) atoms. The summed E-state index contributed by atoms with van der Waals surface area (Å²) in [5, 5.41) is 13.3. The maximum absolute atomic E-state index is 13.0. The third-order valence-electron chi connectivity index (χ3n) is 6.19. The van der Waals surface area contributed by atoms with E-state index in [1.165, 1.54) is 35.0 Å². The summed E-state index contributed by atoms with van der Waals surface area (Å²) in [6.07, 6.45) is -0.978. The number of fused-ring (bicyclic) bond motifs is 3. The van der Waals surface area contributed by atoms with Gasteiger partial charge in [-0.1, -0.05) is 36.4 Å². The Kier molecular flexibility index (Phi) is 5.98. The van der Waals surface area contributed by atoms with E-state index in [0.29, 0.717) is 45.0 Å². The van der Waals surface area contributed by atoms with Gasteiger partial charge in [0.1, 0.15) is 11.6 Å². The molecule has 1 atom stereocenters. The number of para-hydroxylation sites is 2. The molecule has 1 N–H and O–H groups in total. The molecule has 2 heterocycles. The number of aromatic nitrogens is 1. The molecule has 170 valence electrons. The van der Waals surface area contributed by atoms with Crippen LogP contribution in [0.2, 0.25) is 0 Å². The zero-order chi connectivity index (χ0) is 22.8. The predicted octanol–water partition coefficient (Wildman–Crippen LogP) is 4.11. The largest absolute Gasteiger partial charge is 0.415 e. The Morgan fingerprint density at radius 1 is 0.848 bits per heavy atom. The topological polar surface area (TPSA) is 57.9 Å². The molecule has 1 aromatic heterocycles. The Bertz CT molecular complexity index is 1210. The van der Waals surface area contributed by atoms with Crippen LogP contribution in [0.3, 0.4) is 0 Å². The number of rotatable bonds is 5. The first-order valence-electron chi connectivity index (χ1n) is 11.2. The summed E-state index contributed by atoms with van der Waals surface area (Å²) in [6.45, 7) is 3.37. The van der Waals surface area contributed by atoms with Gasteiger partial charge in [0.05, 0.1) is 12.6 Å². The number of hydrogen-bond donors (Lipinski definition) is 1. The molecule has 1 unspecified atom stereocenters. The highest BCUT2D eigenvalue weighted by Crippen LogP contribution is 2.29. The maximum atomic E-state index is 13.0. The summed E-state index contributed by atoms with van der Waals surface area (Å²) in [5.41, 5.74) is 2.23. The number of piperazine rings is 1. The van der Waals surface area contributed by atoms with Crippen LogP contribution in [0, 0.1) is 5.82 Å². The highest BCUT2D eigenvalue weighted by Gasteiger charge is 2.24. The fourth-order valence-electron chi connectivity index (χ4n) is 4.55. The van der Waals surface area contributed by atoms with E-state index in [2.05, 4.69) is 33.7 Å². The fourth-order valence-corrected chi connectivity index (χ4v) is 4.55. The number of hydrogen-bond acceptors (Lipinski definition) is 4. The van der Waals surface area contributed by atoms with E-state index in [1.807, 2.05) is 24.3 Å². The second-order valence-corrected chi connectivity index (χ2v) is 8.41. The fraction of sp³-hybridized carbons (Fsp3) is 0.269. The number of halogens is 1. The molecule has 3 aromatic carbocycles. The van der Waals surface area contributed by atoms with Crippen LogP contribution in [0.5, 0.6) is 5.75 Å². The minimum absolute atomic E-state index is 0.324. The molecular weight excluding hydrogens is 421 g/mol. The Morgan fingerprint density at radius 3 is 2.03 bits per heavy atom. The highest BCUT2D eigenvalue weighted by atomic mass is 19.1. The van der Waals surface area contributed by atoms with Crippen LogP contribution < -0.4 is 4.74 Å². The molecule has 4 aromatic rings. The van der Waals surface area contributed by atoms with Crippen molar-refractivity contribution in [3.8, 4) is 5.75 Å². The van der Waals surface area contributed by atoms with Gasteiger partial charge >= 0.3 is 6.09 Å². The second-order valence-electron chi connectivity index (χ2n) is 8.41. The Labute approximate surface area is 191 Å². The third kappa shape index (κ3) is 4.55. The molecule has 6 nitrogen and oxygen atoms in total. The molecule has 1 aliphatic rings. The van der Waals surface area contributed by atoms with Crippen LogP contribution in [0.25, 0.3) is 21.8 Å². The molecule has 0 radical (unpaired) electrons. The van der Waals surface area contributed by atoms with Gasteiger partial charge in [0.25, 0.3) is 0 Å². The molecule has 7 heteroatoms. The number of amides is 1. The molecule has 0 spiro atoms. The zero-order valence-electron chi connectivity index (χ0n) is 18.2. The molecule has 0 bridgehead atoms. The number of carbonyl (C=O) groups is 1. The zero-order valence-corrected chi connectivity index (χ0v) is 18.2. The van der Waals surface area contributed by atoms with Crippen molar-refractivity contribution in [2.45, 2.75) is 12.6 Å². The number of nitrogens with zero attached hydrogens (tertiary/aromatic N) is 3. The lowest BCUT2D eigenvalue weighted by Crippen LogP contribution is -2.51. The number of aliphatic hydroxyl groups is 1. The first-order chi connectivity index (χ1) is 16.1. The van der Waals surface area contributed by atoms with Crippen molar-refractivity contribution in [1.29, 1.82) is 0 Å². The van der Waals surface area contributed by atoms with E-state index >= 15 is 0 Å². The van der Waals surface area contributed by atoms with Crippen molar-refractivity contribution in [2.24, 2.45) is 0 Å². The van der Waals surface area contributed by atoms with Gasteiger partial charge in [-0.05, 0) is 36.4 Å². The minimum atomic E-state index is -0.540. The molecule has 1 amide bonds. The van der Waals surface area contributed by atoms with Crippen molar-refractivity contribution < 1.29 is 19.0 Å². The normalized spacial score (nSPS) is 15.8. The van der Waals surface area contributed by atoms with Crippen LogP contribution in [-0.4, -0.2) is 64.4 Å². The average Bonchev–Trinajstić information content (AvgIpc) is 3.15. The summed E-state index contributed by atoms with van der Waals surface area (Å²) >= 11 is 0. The van der Waals surface area contributed by atoms with Gasteiger partial charge in [-0.15, -0.1) is 0 Å². The van der Waals surface area contributed by atoms with Gasteiger partial charge < -0.3 is 19.3 Å². The Hall–Kier alpha value is -3.42. The van der Waals surface area contributed by atoms with E-state index < -0.39 is 12.2 Å². The summed E-state index contributed by atoms with van der Waals surface area (Å²) < 4.78 is 20.5. The lowest BCUT2D eigenvalue weighted by molar-refractivity contribution is 0.0656. The van der Waals surface area contributed by atoms with E-state index in [1.54, 1.807) is 4.90 Å².